The van der Waals surface area contributed by atoms with E-state index in [1.165, 1.54) is 12.3 Å². The molecule has 0 saturated carbocycles. The number of carbonyl (C=O) groups is 1. The highest BCUT2D eigenvalue weighted by molar-refractivity contribution is 8.93. The maximum Gasteiger partial charge on any atom is 0.322 e. The highest BCUT2D eigenvalue weighted by Crippen LogP contribution is 2.37. The third-order valence-electron chi connectivity index (χ3n) is 5.91. The van der Waals surface area contributed by atoms with Gasteiger partial charge in [-0.1, -0.05) is 0 Å². The van der Waals surface area contributed by atoms with Gasteiger partial charge in [0.2, 0.25) is 0 Å². The molecule has 0 bridgehead atoms. The maximum atomic E-state index is 14.4. The number of nitrogens with zero attached hydrogens (tertiary/aromatic N) is 5. The summed E-state index contributed by atoms with van der Waals surface area (Å²) >= 11 is 0. The number of urea groups is 1. The lowest BCUT2D eigenvalue weighted by atomic mass is 10.0. The molecule has 11 heteroatoms. The molecule has 2 aliphatic rings. The molecule has 170 valence electrons. The van der Waals surface area contributed by atoms with Crippen LogP contribution in [0, 0.1) is 11.6 Å². The molecular weight excluding hydrogens is 486 g/mol. The zero-order valence-electron chi connectivity index (χ0n) is 17.1. The molecule has 0 aliphatic carbocycles. The van der Waals surface area contributed by atoms with Crippen LogP contribution in [-0.2, 0) is 0 Å². The van der Waals surface area contributed by atoms with Gasteiger partial charge in [-0.15, -0.1) is 17.0 Å². The van der Waals surface area contributed by atoms with E-state index in [1.807, 2.05) is 4.90 Å². The summed E-state index contributed by atoms with van der Waals surface area (Å²) in [5, 5.41) is 16.7. The smallest absolute Gasteiger partial charge is 0.322 e. The van der Waals surface area contributed by atoms with Gasteiger partial charge in [-0.25, -0.2) is 23.1 Å². The lowest BCUT2D eigenvalue weighted by Crippen LogP contribution is -2.33. The van der Waals surface area contributed by atoms with Crippen LogP contribution in [0.4, 0.5) is 25.1 Å². The van der Waals surface area contributed by atoms with E-state index in [1.54, 1.807) is 21.7 Å². The van der Waals surface area contributed by atoms with Gasteiger partial charge in [-0.05, 0) is 43.5 Å². The molecule has 32 heavy (non-hydrogen) atoms. The van der Waals surface area contributed by atoms with E-state index in [2.05, 4.69) is 15.4 Å². The average molecular weight is 509 g/mol. The third-order valence-corrected chi connectivity index (χ3v) is 5.91. The van der Waals surface area contributed by atoms with Crippen LogP contribution < -0.4 is 10.2 Å². The third kappa shape index (κ3) is 4.14. The Kier molecular flexibility index (Phi) is 6.29. The molecule has 8 nitrogen and oxygen atoms in total. The van der Waals surface area contributed by atoms with Crippen molar-refractivity contribution >= 4 is 40.2 Å². The summed E-state index contributed by atoms with van der Waals surface area (Å²) in [5.41, 5.74) is 1.21. The summed E-state index contributed by atoms with van der Waals surface area (Å²) in [5.74, 6) is -0.310. The van der Waals surface area contributed by atoms with Gasteiger partial charge in [-0.3, -0.25) is 0 Å². The topological polar surface area (TPSA) is 86.0 Å². The molecule has 2 N–H and O–H groups in total. The van der Waals surface area contributed by atoms with Crippen LogP contribution in [-0.4, -0.2) is 56.4 Å². The van der Waals surface area contributed by atoms with Crippen LogP contribution in [0.1, 0.15) is 30.9 Å². The van der Waals surface area contributed by atoms with E-state index in [4.69, 9.17) is 0 Å². The fourth-order valence-electron chi connectivity index (χ4n) is 4.36. The second-order valence-electron chi connectivity index (χ2n) is 7.95. The Balaban J connectivity index is 0.00000245. The Hall–Kier alpha value is -2.79. The minimum Gasteiger partial charge on any atom is -0.391 e. The van der Waals surface area contributed by atoms with Crippen molar-refractivity contribution in [3.63, 3.8) is 0 Å². The van der Waals surface area contributed by atoms with Gasteiger partial charge in [0.1, 0.15) is 23.1 Å². The van der Waals surface area contributed by atoms with Gasteiger partial charge in [0, 0.05) is 31.4 Å². The van der Waals surface area contributed by atoms with Crippen LogP contribution in [0.25, 0.3) is 5.65 Å². The number of carbonyl (C=O) groups excluding carboxylic acids is 1. The molecule has 1 aromatic carbocycles. The minimum absolute atomic E-state index is 0. The summed E-state index contributed by atoms with van der Waals surface area (Å²) in [6.45, 7) is 1.43. The first-order valence-electron chi connectivity index (χ1n) is 10.3. The van der Waals surface area contributed by atoms with Crippen molar-refractivity contribution in [1.29, 1.82) is 0 Å². The van der Waals surface area contributed by atoms with Crippen LogP contribution >= 0.6 is 17.0 Å². The van der Waals surface area contributed by atoms with E-state index < -0.39 is 17.7 Å². The molecule has 4 heterocycles. The number of aliphatic hydroxyl groups is 1. The van der Waals surface area contributed by atoms with Gasteiger partial charge in [-0.2, -0.15) is 5.10 Å². The quantitative estimate of drug-likeness (QED) is 0.565. The number of rotatable bonds is 3. The standard InChI is InChI=1S/C21H22F2N6O2.BrH/c22-13-3-4-16(23)15(10-13)18-2-1-7-28(18)19-6-9-29-20(26-19)17(11-24-29)25-21(31)27-8-5-14(30)12-27;/h3-4,6,9-11,14,18,30H,1-2,5,7-8,12H2,(H,25,31);1H/t14?,18-;/m1./s1. The number of hydrogen-bond donors (Lipinski definition) is 2. The molecule has 1 unspecified atom stereocenters. The van der Waals surface area contributed by atoms with E-state index >= 15 is 0 Å². The molecule has 0 radical (unpaired) electrons. The molecule has 2 aliphatic heterocycles. The molecule has 2 amide bonds. The van der Waals surface area contributed by atoms with Gasteiger partial charge < -0.3 is 20.2 Å². The molecule has 3 aromatic rings. The van der Waals surface area contributed by atoms with Crippen LogP contribution in [0.2, 0.25) is 0 Å². The van der Waals surface area contributed by atoms with Crippen LogP contribution in [0.5, 0.6) is 0 Å². The predicted molar refractivity (Wildman–Crippen MR) is 120 cm³/mol. The fourth-order valence-corrected chi connectivity index (χ4v) is 4.36. The number of nitrogens with one attached hydrogen (secondary N) is 1. The first-order valence-corrected chi connectivity index (χ1v) is 10.3. The largest absolute Gasteiger partial charge is 0.391 e. The highest BCUT2D eigenvalue weighted by atomic mass is 79.9. The molecule has 2 fully saturated rings. The Morgan fingerprint density at radius 2 is 2.03 bits per heavy atom. The van der Waals surface area contributed by atoms with Gasteiger partial charge >= 0.3 is 6.03 Å². The monoisotopic (exact) mass is 508 g/mol. The van der Waals surface area contributed by atoms with E-state index in [-0.39, 0.29) is 29.1 Å². The lowest BCUT2D eigenvalue weighted by molar-refractivity contribution is 0.176. The molecule has 5 rings (SSSR count). The zero-order valence-corrected chi connectivity index (χ0v) is 18.8. The molecule has 2 aromatic heterocycles. The second-order valence-corrected chi connectivity index (χ2v) is 7.95. The summed E-state index contributed by atoms with van der Waals surface area (Å²) in [6.07, 6.45) is 4.81. The number of fused-ring (bicyclic) bond motifs is 1. The number of anilines is 2. The zero-order chi connectivity index (χ0) is 21.5. The first kappa shape index (κ1) is 22.4. The average Bonchev–Trinajstić information content (AvgIpc) is 3.49. The van der Waals surface area contributed by atoms with Gasteiger partial charge in [0.25, 0.3) is 0 Å². The lowest BCUT2D eigenvalue weighted by Gasteiger charge is -2.26. The number of halogens is 3. The van der Waals surface area contributed by atoms with Crippen LogP contribution in [0.15, 0.2) is 36.7 Å². The SMILES string of the molecule is Br.O=C(Nc1cnn2ccc(N3CCC[C@@H]3c3cc(F)ccc3F)nc12)N1CCC(O)C1. The number of aliphatic hydroxyl groups excluding tert-OH is 1. The van der Waals surface area contributed by atoms with Gasteiger partial charge in [0.15, 0.2) is 5.65 Å². The van der Waals surface area contributed by atoms with E-state index in [0.717, 1.165) is 18.6 Å². The number of aromatic nitrogens is 3. The number of β-amino-alcohol motifs (C(OH)–C–C–N with tert-alkyl or cyclic N) is 1. The Morgan fingerprint density at radius 1 is 1.19 bits per heavy atom. The van der Waals surface area contributed by atoms with Crippen LogP contribution in [0.3, 0.4) is 0 Å². The number of amides is 2. The van der Waals surface area contributed by atoms with Crippen molar-refractivity contribution in [3.8, 4) is 0 Å². The molecule has 2 saturated heterocycles. The first-order chi connectivity index (χ1) is 15.0. The van der Waals surface area contributed by atoms with Crippen molar-refractivity contribution in [3.05, 3.63) is 53.9 Å². The molecule has 2 atom stereocenters. The van der Waals surface area contributed by atoms with Crippen molar-refractivity contribution in [2.75, 3.05) is 29.9 Å². The Morgan fingerprint density at radius 3 is 2.81 bits per heavy atom. The molecular formula is C21H23BrF2N6O2. The summed E-state index contributed by atoms with van der Waals surface area (Å²) in [6, 6.07) is 4.64. The summed E-state index contributed by atoms with van der Waals surface area (Å²) < 4.78 is 29.7. The normalized spacial score (nSPS) is 20.6. The maximum absolute atomic E-state index is 14.4. The summed E-state index contributed by atoms with van der Waals surface area (Å²) in [4.78, 5) is 20.7. The number of likely N-dealkylation sites (tertiary alicyclic amines) is 1. The van der Waals surface area contributed by atoms with Crippen molar-refractivity contribution in [1.82, 2.24) is 19.5 Å². The van der Waals surface area contributed by atoms with Crippen molar-refractivity contribution in [2.24, 2.45) is 0 Å². The fraction of sp³-hybridized carbons (Fsp3) is 0.381. The van der Waals surface area contributed by atoms with Gasteiger partial charge in [0.05, 0.1) is 18.3 Å². The molecule has 0 spiro atoms. The Labute approximate surface area is 193 Å². The van der Waals surface area contributed by atoms with Crippen molar-refractivity contribution in [2.45, 2.75) is 31.4 Å². The minimum atomic E-state index is -0.505. The highest BCUT2D eigenvalue weighted by Gasteiger charge is 2.30. The number of hydrogen-bond acceptors (Lipinski definition) is 5. The van der Waals surface area contributed by atoms with E-state index in [0.29, 0.717) is 55.2 Å². The summed E-state index contributed by atoms with van der Waals surface area (Å²) in [7, 11) is 0. The number of benzene rings is 1. The Bertz CT molecular complexity index is 1140. The van der Waals surface area contributed by atoms with Crippen molar-refractivity contribution < 1.29 is 18.7 Å². The van der Waals surface area contributed by atoms with E-state index in [9.17, 15) is 18.7 Å². The predicted octanol–water partition coefficient (Wildman–Crippen LogP) is 3.53. The second kappa shape index (κ2) is 8.99.